The van der Waals surface area contributed by atoms with Crippen LogP contribution < -0.4 is 5.32 Å². The fraction of sp³-hybridized carbons (Fsp3) is 0.615. The molecule has 1 saturated heterocycles. The Bertz CT molecular complexity index is 380. The summed E-state index contributed by atoms with van der Waals surface area (Å²) in [5, 5.41) is 16.2. The predicted molar refractivity (Wildman–Crippen MR) is 72.9 cm³/mol. The van der Waals surface area contributed by atoms with Crippen LogP contribution in [0.5, 0.6) is 0 Å². The van der Waals surface area contributed by atoms with Gasteiger partial charge in [-0.15, -0.1) is 0 Å². The number of hydrogen-bond acceptors (Lipinski definition) is 3. The number of aliphatic hydroxyl groups excluding tert-OH is 1. The van der Waals surface area contributed by atoms with Crippen molar-refractivity contribution in [2.45, 2.75) is 19.3 Å². The lowest BCUT2D eigenvalue weighted by molar-refractivity contribution is 0.198. The molecule has 0 saturated carbocycles. The van der Waals surface area contributed by atoms with Crippen molar-refractivity contribution >= 4 is 17.4 Å². The molecule has 2 atom stereocenters. The number of carbonyl (C=O) groups is 1. The van der Waals surface area contributed by atoms with Gasteiger partial charge in [0, 0.05) is 32.2 Å². The molecule has 0 bridgehead atoms. The molecule has 2 heterocycles. The Balaban J connectivity index is 1.75. The number of aliphatic hydroxyl groups is 1. The van der Waals surface area contributed by atoms with Crippen LogP contribution in [0.2, 0.25) is 0 Å². The first kappa shape index (κ1) is 13.4. The summed E-state index contributed by atoms with van der Waals surface area (Å²) in [7, 11) is 0. The van der Waals surface area contributed by atoms with Gasteiger partial charge in [0.1, 0.15) is 0 Å². The molecule has 2 amide bonds. The summed E-state index contributed by atoms with van der Waals surface area (Å²) in [5.74, 6) is 0.599. The molecule has 0 radical (unpaired) electrons. The molecule has 1 aliphatic heterocycles. The van der Waals surface area contributed by atoms with Gasteiger partial charge in [0.05, 0.1) is 0 Å². The number of hydrogen-bond donors (Lipinski definition) is 2. The van der Waals surface area contributed by atoms with Crippen LogP contribution in [0.15, 0.2) is 16.8 Å². The summed E-state index contributed by atoms with van der Waals surface area (Å²) in [6, 6.07) is 2.09. The summed E-state index contributed by atoms with van der Waals surface area (Å²) in [6.07, 6.45) is 0.907. The Morgan fingerprint density at radius 3 is 3.17 bits per heavy atom. The van der Waals surface area contributed by atoms with E-state index in [1.165, 1.54) is 5.56 Å². The first-order valence-electron chi connectivity index (χ1n) is 6.36. The average molecular weight is 268 g/mol. The number of urea groups is 1. The van der Waals surface area contributed by atoms with Crippen molar-refractivity contribution < 1.29 is 9.90 Å². The summed E-state index contributed by atoms with van der Waals surface area (Å²) < 4.78 is 0. The Labute approximate surface area is 112 Å². The maximum Gasteiger partial charge on any atom is 0.317 e. The normalized spacial score (nSPS) is 21.0. The Kier molecular flexibility index (Phi) is 4.60. The maximum atomic E-state index is 11.9. The number of carbonyl (C=O) groups excluding carboxylic acids is 1. The van der Waals surface area contributed by atoms with Crippen LogP contribution in [-0.4, -0.2) is 42.3 Å². The highest BCUT2D eigenvalue weighted by Crippen LogP contribution is 2.18. The largest absolute Gasteiger partial charge is 0.396 e. The number of nitrogens with zero attached hydrogens (tertiary/aromatic N) is 1. The van der Waals surface area contributed by atoms with Crippen molar-refractivity contribution in [1.29, 1.82) is 0 Å². The lowest BCUT2D eigenvalue weighted by atomic mass is 10.1. The number of thiophene rings is 1. The van der Waals surface area contributed by atoms with Gasteiger partial charge in [-0.1, -0.05) is 6.92 Å². The second-order valence-corrected chi connectivity index (χ2v) is 5.71. The first-order chi connectivity index (χ1) is 8.70. The molecule has 1 aromatic heterocycles. The van der Waals surface area contributed by atoms with Gasteiger partial charge >= 0.3 is 6.03 Å². The fourth-order valence-electron chi connectivity index (χ4n) is 2.19. The average Bonchev–Trinajstić information content (AvgIpc) is 3.05. The van der Waals surface area contributed by atoms with Crippen LogP contribution in [0.1, 0.15) is 24.8 Å². The number of likely N-dealkylation sites (tertiary alicyclic amines) is 1. The van der Waals surface area contributed by atoms with Crippen LogP contribution in [0, 0.1) is 5.92 Å². The van der Waals surface area contributed by atoms with Crippen LogP contribution in [0.25, 0.3) is 0 Å². The number of rotatable bonds is 4. The van der Waals surface area contributed by atoms with E-state index in [1.807, 2.05) is 0 Å². The van der Waals surface area contributed by atoms with E-state index in [0.29, 0.717) is 19.0 Å². The molecule has 18 heavy (non-hydrogen) atoms. The van der Waals surface area contributed by atoms with Crippen LogP contribution in [0.3, 0.4) is 0 Å². The van der Waals surface area contributed by atoms with E-state index in [1.54, 1.807) is 16.2 Å². The minimum Gasteiger partial charge on any atom is -0.396 e. The number of amides is 2. The highest BCUT2D eigenvalue weighted by molar-refractivity contribution is 7.07. The third-order valence-corrected chi connectivity index (χ3v) is 4.20. The van der Waals surface area contributed by atoms with Crippen LogP contribution in [0.4, 0.5) is 4.79 Å². The van der Waals surface area contributed by atoms with E-state index in [9.17, 15) is 4.79 Å². The molecule has 1 aromatic rings. The standard InChI is InChI=1S/C13H20N2O2S/c1-10(12-3-5-18-9-12)6-14-13(17)15-4-2-11(7-15)8-16/h3,5,9-11,16H,2,4,6-8H2,1H3,(H,14,17). The van der Waals surface area contributed by atoms with Gasteiger partial charge < -0.3 is 15.3 Å². The van der Waals surface area contributed by atoms with Crippen molar-refractivity contribution in [3.63, 3.8) is 0 Å². The monoisotopic (exact) mass is 268 g/mol. The molecular formula is C13H20N2O2S. The molecule has 2 rings (SSSR count). The van der Waals surface area contributed by atoms with Gasteiger partial charge in [0.2, 0.25) is 0 Å². The molecule has 1 aliphatic rings. The van der Waals surface area contributed by atoms with Crippen molar-refractivity contribution in [2.75, 3.05) is 26.2 Å². The summed E-state index contributed by atoms with van der Waals surface area (Å²) in [6.45, 7) is 4.38. The molecule has 2 N–H and O–H groups in total. The molecule has 1 fully saturated rings. The second kappa shape index (κ2) is 6.20. The van der Waals surface area contributed by atoms with Gasteiger partial charge in [-0.05, 0) is 34.7 Å². The van der Waals surface area contributed by atoms with E-state index in [2.05, 4.69) is 29.1 Å². The zero-order chi connectivity index (χ0) is 13.0. The Hall–Kier alpha value is -1.07. The molecule has 0 aliphatic carbocycles. The third-order valence-electron chi connectivity index (χ3n) is 3.50. The van der Waals surface area contributed by atoms with Gasteiger partial charge in [-0.2, -0.15) is 11.3 Å². The third kappa shape index (κ3) is 3.23. The summed E-state index contributed by atoms with van der Waals surface area (Å²) in [4.78, 5) is 13.7. The van der Waals surface area contributed by atoms with E-state index < -0.39 is 0 Å². The van der Waals surface area contributed by atoms with E-state index in [4.69, 9.17) is 5.11 Å². The minimum atomic E-state index is -0.00645. The van der Waals surface area contributed by atoms with Crippen molar-refractivity contribution in [3.05, 3.63) is 22.4 Å². The summed E-state index contributed by atoms with van der Waals surface area (Å²) >= 11 is 1.68. The van der Waals surface area contributed by atoms with Gasteiger partial charge in [0.25, 0.3) is 0 Å². The van der Waals surface area contributed by atoms with Gasteiger partial charge in [-0.3, -0.25) is 0 Å². The van der Waals surface area contributed by atoms with E-state index >= 15 is 0 Å². The van der Waals surface area contributed by atoms with E-state index in [0.717, 1.165) is 13.0 Å². The van der Waals surface area contributed by atoms with Crippen LogP contribution in [-0.2, 0) is 0 Å². The lowest BCUT2D eigenvalue weighted by Crippen LogP contribution is -2.40. The zero-order valence-electron chi connectivity index (χ0n) is 10.6. The number of nitrogens with one attached hydrogen (secondary N) is 1. The quantitative estimate of drug-likeness (QED) is 0.876. The molecule has 0 spiro atoms. The minimum absolute atomic E-state index is 0.00645. The zero-order valence-corrected chi connectivity index (χ0v) is 11.4. The maximum absolute atomic E-state index is 11.9. The molecular weight excluding hydrogens is 248 g/mol. The molecule has 0 aromatic carbocycles. The fourth-order valence-corrected chi connectivity index (χ4v) is 2.97. The summed E-state index contributed by atoms with van der Waals surface area (Å²) in [5.41, 5.74) is 1.27. The highest BCUT2D eigenvalue weighted by Gasteiger charge is 2.25. The molecule has 2 unspecified atom stereocenters. The molecule has 5 heteroatoms. The smallest absolute Gasteiger partial charge is 0.317 e. The van der Waals surface area contributed by atoms with Crippen molar-refractivity contribution in [1.82, 2.24) is 10.2 Å². The van der Waals surface area contributed by atoms with Gasteiger partial charge in [-0.25, -0.2) is 4.79 Å². The first-order valence-corrected chi connectivity index (χ1v) is 7.30. The Morgan fingerprint density at radius 2 is 2.56 bits per heavy atom. The van der Waals surface area contributed by atoms with E-state index in [-0.39, 0.29) is 18.6 Å². The predicted octanol–water partition coefficient (Wildman–Crippen LogP) is 1.88. The van der Waals surface area contributed by atoms with Crippen molar-refractivity contribution in [3.8, 4) is 0 Å². The second-order valence-electron chi connectivity index (χ2n) is 4.93. The SMILES string of the molecule is CC(CNC(=O)N1CCC(CO)C1)c1ccsc1. The molecule has 100 valence electrons. The lowest BCUT2D eigenvalue weighted by Gasteiger charge is -2.19. The Morgan fingerprint density at radius 1 is 1.72 bits per heavy atom. The van der Waals surface area contributed by atoms with Crippen molar-refractivity contribution in [2.24, 2.45) is 5.92 Å². The van der Waals surface area contributed by atoms with Gasteiger partial charge in [0.15, 0.2) is 0 Å². The topological polar surface area (TPSA) is 52.6 Å². The molecule has 4 nitrogen and oxygen atoms in total. The highest BCUT2D eigenvalue weighted by atomic mass is 32.1. The van der Waals surface area contributed by atoms with Crippen LogP contribution >= 0.6 is 11.3 Å².